The lowest BCUT2D eigenvalue weighted by Gasteiger charge is -2.14. The fourth-order valence-corrected chi connectivity index (χ4v) is 5.80. The molecule has 0 spiro atoms. The van der Waals surface area contributed by atoms with Gasteiger partial charge in [-0.1, -0.05) is 36.4 Å². The number of rotatable bonds is 11. The molecule has 0 aliphatic heterocycles. The Morgan fingerprint density at radius 3 is 2.15 bits per heavy atom. The number of methoxy groups -OCH3 is 1. The van der Waals surface area contributed by atoms with Gasteiger partial charge in [0.05, 0.1) is 17.7 Å². The van der Waals surface area contributed by atoms with E-state index in [9.17, 15) is 28.2 Å². The van der Waals surface area contributed by atoms with Crippen LogP contribution in [0, 0.1) is 12.7 Å². The summed E-state index contributed by atoms with van der Waals surface area (Å²) in [5, 5.41) is 21.7. The molecule has 5 rings (SSSR count). The highest BCUT2D eigenvalue weighted by Crippen LogP contribution is 2.28. The van der Waals surface area contributed by atoms with Gasteiger partial charge in [0.1, 0.15) is 29.4 Å². The molecule has 1 amide bonds. The van der Waals surface area contributed by atoms with Gasteiger partial charge in [-0.2, -0.15) is 0 Å². The van der Waals surface area contributed by atoms with Gasteiger partial charge in [-0.15, -0.1) is 0 Å². The fourth-order valence-electron chi connectivity index (χ4n) is 4.71. The molecule has 0 aliphatic rings. The van der Waals surface area contributed by atoms with Gasteiger partial charge in [-0.3, -0.25) is 9.52 Å². The van der Waals surface area contributed by atoms with E-state index in [1.807, 2.05) is 12.1 Å². The summed E-state index contributed by atoms with van der Waals surface area (Å²) in [4.78, 5) is 24.0. The minimum atomic E-state index is -4.35. The molecule has 0 aromatic heterocycles. The Labute approximate surface area is 270 Å². The Bertz CT molecular complexity index is 2070. The van der Waals surface area contributed by atoms with E-state index in [4.69, 9.17) is 9.47 Å². The molecule has 5 aromatic rings. The quantitative estimate of drug-likeness (QED) is 0.121. The normalized spacial score (nSPS) is 11.0. The van der Waals surface area contributed by atoms with Crippen LogP contribution in [0.5, 0.6) is 17.2 Å². The number of anilines is 2. The van der Waals surface area contributed by atoms with Gasteiger partial charge in [0.15, 0.2) is 5.82 Å². The van der Waals surface area contributed by atoms with E-state index in [-0.39, 0.29) is 45.7 Å². The van der Waals surface area contributed by atoms with E-state index in [0.717, 1.165) is 23.3 Å². The number of phenolic OH excluding ortho intramolecular Hbond substituents is 1. The SMILES string of the molecule is COc1ccc(S(=O)(=O)Nc2cccc(COc3ccc(NC(=O)c4ccc(-c5ccc(O)cc5)cc4)cc3C)c2F)cc1C(=O)O. The highest BCUT2D eigenvalue weighted by atomic mass is 32.2. The molecule has 0 bridgehead atoms. The number of carboxylic acids is 1. The number of aromatic carboxylic acids is 1. The van der Waals surface area contributed by atoms with E-state index >= 15 is 4.39 Å². The second-order valence-corrected chi connectivity index (χ2v) is 12.1. The predicted molar refractivity (Wildman–Crippen MR) is 174 cm³/mol. The van der Waals surface area contributed by atoms with Crippen molar-refractivity contribution < 1.29 is 42.1 Å². The van der Waals surface area contributed by atoms with Crippen LogP contribution in [-0.4, -0.2) is 37.6 Å². The average Bonchev–Trinajstić information content (AvgIpc) is 3.05. The number of carbonyl (C=O) groups is 2. The van der Waals surface area contributed by atoms with Crippen molar-refractivity contribution in [1.29, 1.82) is 0 Å². The number of sulfonamides is 1. The van der Waals surface area contributed by atoms with Crippen LogP contribution in [0.25, 0.3) is 11.1 Å². The van der Waals surface area contributed by atoms with Crippen LogP contribution >= 0.6 is 0 Å². The number of amides is 1. The summed E-state index contributed by atoms with van der Waals surface area (Å²) >= 11 is 0. The number of benzene rings is 5. The number of aromatic hydroxyl groups is 1. The van der Waals surface area contributed by atoms with Crippen molar-refractivity contribution >= 4 is 33.3 Å². The number of hydrogen-bond acceptors (Lipinski definition) is 7. The smallest absolute Gasteiger partial charge is 0.339 e. The number of carbonyl (C=O) groups excluding carboxylic acids is 1. The van der Waals surface area contributed by atoms with Crippen LogP contribution in [0.15, 0.2) is 108 Å². The minimum Gasteiger partial charge on any atom is -0.508 e. The molecule has 10 nitrogen and oxygen atoms in total. The zero-order chi connectivity index (χ0) is 33.7. The first kappa shape index (κ1) is 32.5. The number of carboxylic acid groups (broad SMARTS) is 1. The molecular formula is C35H29FN2O8S. The molecule has 12 heteroatoms. The average molecular weight is 657 g/mol. The first-order chi connectivity index (χ1) is 22.4. The van der Waals surface area contributed by atoms with Crippen molar-refractivity contribution in [3.63, 3.8) is 0 Å². The van der Waals surface area contributed by atoms with Crippen LogP contribution in [0.2, 0.25) is 0 Å². The van der Waals surface area contributed by atoms with Crippen LogP contribution in [-0.2, 0) is 16.6 Å². The fraction of sp³-hybridized carbons (Fsp3) is 0.0857. The summed E-state index contributed by atoms with van der Waals surface area (Å²) in [5.74, 6) is -1.99. The number of nitrogens with one attached hydrogen (secondary N) is 2. The summed E-state index contributed by atoms with van der Waals surface area (Å²) in [6.07, 6.45) is 0. The Balaban J connectivity index is 1.23. The zero-order valence-electron chi connectivity index (χ0n) is 25.2. The van der Waals surface area contributed by atoms with Gasteiger partial charge in [0.25, 0.3) is 15.9 Å². The van der Waals surface area contributed by atoms with E-state index < -0.39 is 21.8 Å². The van der Waals surface area contributed by atoms with Crippen LogP contribution in [0.4, 0.5) is 15.8 Å². The van der Waals surface area contributed by atoms with Crippen molar-refractivity contribution in [2.24, 2.45) is 0 Å². The predicted octanol–water partition coefficient (Wildman–Crippen LogP) is 6.85. The molecule has 240 valence electrons. The van der Waals surface area contributed by atoms with Crippen LogP contribution < -0.4 is 19.5 Å². The lowest BCUT2D eigenvalue weighted by atomic mass is 10.0. The Morgan fingerprint density at radius 2 is 1.51 bits per heavy atom. The molecule has 0 atom stereocenters. The summed E-state index contributed by atoms with van der Waals surface area (Å²) in [6.45, 7) is 1.53. The largest absolute Gasteiger partial charge is 0.508 e. The summed E-state index contributed by atoms with van der Waals surface area (Å²) in [6, 6.07) is 26.2. The molecule has 0 heterocycles. The first-order valence-electron chi connectivity index (χ1n) is 14.1. The lowest BCUT2D eigenvalue weighted by Crippen LogP contribution is -2.16. The van der Waals surface area contributed by atoms with Crippen molar-refractivity contribution in [1.82, 2.24) is 0 Å². The van der Waals surface area contributed by atoms with E-state index in [2.05, 4.69) is 10.0 Å². The van der Waals surface area contributed by atoms with Crippen LogP contribution in [0.1, 0.15) is 31.8 Å². The summed E-state index contributed by atoms with van der Waals surface area (Å²) in [7, 11) is -3.09. The summed E-state index contributed by atoms with van der Waals surface area (Å²) in [5.41, 5.74) is 2.79. The topological polar surface area (TPSA) is 151 Å². The number of aryl methyl sites for hydroxylation is 1. The monoisotopic (exact) mass is 656 g/mol. The molecule has 0 saturated heterocycles. The van der Waals surface area contributed by atoms with Crippen molar-refractivity contribution in [2.75, 3.05) is 17.1 Å². The van der Waals surface area contributed by atoms with Crippen LogP contribution in [0.3, 0.4) is 0 Å². The number of ether oxygens (including phenoxy) is 2. The molecule has 0 radical (unpaired) electrons. The second-order valence-electron chi connectivity index (χ2n) is 10.4. The van der Waals surface area contributed by atoms with Gasteiger partial charge in [0, 0.05) is 16.8 Å². The third-order valence-corrected chi connectivity index (χ3v) is 8.56. The van der Waals surface area contributed by atoms with E-state index in [1.165, 1.54) is 31.4 Å². The zero-order valence-corrected chi connectivity index (χ0v) is 26.0. The van der Waals surface area contributed by atoms with Crippen molar-refractivity contribution in [3.8, 4) is 28.4 Å². The molecule has 0 fully saturated rings. The minimum absolute atomic E-state index is 0.0232. The van der Waals surface area contributed by atoms with E-state index in [0.29, 0.717) is 22.6 Å². The Kier molecular flexibility index (Phi) is 9.43. The Morgan fingerprint density at radius 1 is 0.851 bits per heavy atom. The summed E-state index contributed by atoms with van der Waals surface area (Å²) < 4.78 is 54.3. The van der Waals surface area contributed by atoms with Gasteiger partial charge in [-0.05, 0) is 90.3 Å². The third kappa shape index (κ3) is 7.51. The second kappa shape index (κ2) is 13.6. The molecule has 4 N–H and O–H groups in total. The highest BCUT2D eigenvalue weighted by Gasteiger charge is 2.22. The third-order valence-electron chi connectivity index (χ3n) is 7.20. The van der Waals surface area contributed by atoms with Gasteiger partial charge < -0.3 is 25.0 Å². The van der Waals surface area contributed by atoms with Crippen molar-refractivity contribution in [3.05, 3.63) is 131 Å². The number of phenols is 1. The molecule has 0 unspecified atom stereocenters. The molecule has 0 aliphatic carbocycles. The van der Waals surface area contributed by atoms with Gasteiger partial charge in [-0.25, -0.2) is 17.6 Å². The maximum Gasteiger partial charge on any atom is 0.339 e. The lowest BCUT2D eigenvalue weighted by molar-refractivity contribution is 0.0692. The highest BCUT2D eigenvalue weighted by molar-refractivity contribution is 7.92. The molecule has 0 saturated carbocycles. The number of hydrogen-bond donors (Lipinski definition) is 4. The number of halogens is 1. The Hall–Kier alpha value is -5.88. The molecule has 47 heavy (non-hydrogen) atoms. The van der Waals surface area contributed by atoms with Gasteiger partial charge in [0.2, 0.25) is 0 Å². The molecule has 5 aromatic carbocycles. The van der Waals surface area contributed by atoms with E-state index in [1.54, 1.807) is 61.5 Å². The van der Waals surface area contributed by atoms with Gasteiger partial charge >= 0.3 is 5.97 Å². The first-order valence-corrected chi connectivity index (χ1v) is 15.6. The van der Waals surface area contributed by atoms with Crippen molar-refractivity contribution in [2.45, 2.75) is 18.4 Å². The molecular weight excluding hydrogens is 627 g/mol. The maximum absolute atomic E-state index is 15.4. The maximum atomic E-state index is 15.4. The standard InChI is InChI=1S/C35H29FN2O8S/c1-21-18-26(37-34(40)24-8-6-22(7-9-24)23-10-13-27(39)14-11-23)12-16-31(21)46-20-25-4-3-5-30(33(25)36)38-47(43,44)28-15-17-32(45-2)29(19-28)35(41)42/h3-19,38-39H,20H2,1-2H3,(H,37,40)(H,41,42).